The van der Waals surface area contributed by atoms with Crippen LogP contribution in [0, 0.1) is 5.92 Å². The van der Waals surface area contributed by atoms with Crippen molar-refractivity contribution in [1.82, 2.24) is 5.32 Å². The second-order valence-corrected chi connectivity index (χ2v) is 6.62. The van der Waals surface area contributed by atoms with Crippen molar-refractivity contribution in [3.63, 3.8) is 0 Å². The van der Waals surface area contributed by atoms with E-state index in [0.29, 0.717) is 25.5 Å². The van der Waals surface area contributed by atoms with Crippen LogP contribution in [0.2, 0.25) is 0 Å². The van der Waals surface area contributed by atoms with Crippen molar-refractivity contribution in [3.05, 3.63) is 54.6 Å². The molecule has 0 unspecified atom stereocenters. The lowest BCUT2D eigenvalue weighted by Gasteiger charge is -2.15. The molecule has 2 aromatic rings. The summed E-state index contributed by atoms with van der Waals surface area (Å²) >= 11 is 0. The molecule has 0 bridgehead atoms. The number of para-hydroxylation sites is 1. The normalized spacial score (nSPS) is 18.8. The first-order valence-corrected chi connectivity index (χ1v) is 9.03. The van der Waals surface area contributed by atoms with E-state index in [1.54, 1.807) is 0 Å². The van der Waals surface area contributed by atoms with Gasteiger partial charge in [-0.2, -0.15) is 0 Å². The van der Waals surface area contributed by atoms with Crippen molar-refractivity contribution < 1.29 is 9.53 Å². The molecule has 0 aromatic heterocycles. The molecule has 0 heterocycles. The Hall–Kier alpha value is -2.04. The number of rotatable bonds is 7. The first-order valence-electron chi connectivity index (χ1n) is 9.03. The fraction of sp³-hybridized carbons (Fsp3) is 0.381. The molecule has 3 rings (SSSR count). The minimum absolute atomic E-state index is 0. The molecule has 5 heteroatoms. The van der Waals surface area contributed by atoms with Crippen LogP contribution in [-0.4, -0.2) is 25.1 Å². The van der Waals surface area contributed by atoms with Gasteiger partial charge in [-0.25, -0.2) is 0 Å². The largest absolute Gasteiger partial charge is 0.491 e. The van der Waals surface area contributed by atoms with E-state index < -0.39 is 0 Å². The Balaban J connectivity index is 0.00000243. The van der Waals surface area contributed by atoms with Gasteiger partial charge in [-0.15, -0.1) is 12.4 Å². The maximum Gasteiger partial charge on any atom is 0.220 e. The third-order valence-corrected chi connectivity index (χ3v) is 4.82. The van der Waals surface area contributed by atoms with Gasteiger partial charge in [0.2, 0.25) is 5.91 Å². The Morgan fingerprint density at radius 3 is 2.54 bits per heavy atom. The lowest BCUT2D eigenvalue weighted by Crippen LogP contribution is -2.33. The van der Waals surface area contributed by atoms with Gasteiger partial charge >= 0.3 is 0 Å². The Morgan fingerprint density at radius 2 is 1.81 bits per heavy atom. The van der Waals surface area contributed by atoms with Crippen LogP contribution in [0.25, 0.3) is 11.1 Å². The van der Waals surface area contributed by atoms with Crippen LogP contribution in [-0.2, 0) is 4.79 Å². The van der Waals surface area contributed by atoms with Gasteiger partial charge < -0.3 is 15.8 Å². The fourth-order valence-electron chi connectivity index (χ4n) is 3.43. The van der Waals surface area contributed by atoms with Crippen LogP contribution in [0.3, 0.4) is 0 Å². The van der Waals surface area contributed by atoms with Crippen LogP contribution in [0.15, 0.2) is 54.6 Å². The highest BCUT2D eigenvalue weighted by atomic mass is 35.5. The summed E-state index contributed by atoms with van der Waals surface area (Å²) in [5.41, 5.74) is 8.21. The van der Waals surface area contributed by atoms with Gasteiger partial charge in [0.15, 0.2) is 0 Å². The molecule has 1 amide bonds. The summed E-state index contributed by atoms with van der Waals surface area (Å²) in [5, 5.41) is 2.94. The zero-order valence-corrected chi connectivity index (χ0v) is 15.7. The number of hydrogen-bond donors (Lipinski definition) is 2. The van der Waals surface area contributed by atoms with E-state index in [1.807, 2.05) is 42.5 Å². The molecule has 1 aliphatic rings. The van der Waals surface area contributed by atoms with Crippen molar-refractivity contribution in [2.45, 2.75) is 31.7 Å². The highest BCUT2D eigenvalue weighted by Crippen LogP contribution is 2.29. The van der Waals surface area contributed by atoms with Crippen LogP contribution in [0.5, 0.6) is 5.75 Å². The van der Waals surface area contributed by atoms with E-state index >= 15 is 0 Å². The second-order valence-electron chi connectivity index (χ2n) is 6.62. The van der Waals surface area contributed by atoms with Crippen molar-refractivity contribution in [2.75, 3.05) is 13.2 Å². The van der Waals surface area contributed by atoms with Gasteiger partial charge in [0.1, 0.15) is 12.4 Å². The molecule has 4 nitrogen and oxygen atoms in total. The van der Waals surface area contributed by atoms with Gasteiger partial charge in [0, 0.05) is 18.0 Å². The minimum atomic E-state index is 0. The second kappa shape index (κ2) is 10.2. The molecule has 1 fully saturated rings. The van der Waals surface area contributed by atoms with E-state index in [0.717, 1.165) is 36.1 Å². The lowest BCUT2D eigenvalue weighted by atomic mass is 10.00. The molecule has 1 saturated carbocycles. The monoisotopic (exact) mass is 374 g/mol. The number of nitrogens with two attached hydrogens (primary N) is 1. The third kappa shape index (κ3) is 5.48. The van der Waals surface area contributed by atoms with E-state index in [2.05, 4.69) is 17.4 Å². The Bertz CT molecular complexity index is 693. The maximum atomic E-state index is 12.0. The number of carbonyl (C=O) groups excluding carboxylic acids is 1. The molecule has 0 spiro atoms. The number of carbonyl (C=O) groups is 1. The van der Waals surface area contributed by atoms with E-state index in [1.165, 1.54) is 0 Å². The summed E-state index contributed by atoms with van der Waals surface area (Å²) in [6, 6.07) is 18.3. The smallest absolute Gasteiger partial charge is 0.220 e. The van der Waals surface area contributed by atoms with Gasteiger partial charge in [-0.3, -0.25) is 4.79 Å². The average molecular weight is 375 g/mol. The molecule has 1 aliphatic carbocycles. The lowest BCUT2D eigenvalue weighted by molar-refractivity contribution is -0.122. The summed E-state index contributed by atoms with van der Waals surface area (Å²) in [5.74, 6) is 1.24. The van der Waals surface area contributed by atoms with Crippen LogP contribution in [0.4, 0.5) is 0 Å². The molecule has 0 saturated heterocycles. The predicted molar refractivity (Wildman–Crippen MR) is 108 cm³/mol. The highest BCUT2D eigenvalue weighted by molar-refractivity contribution is 5.85. The average Bonchev–Trinajstić information content (AvgIpc) is 3.04. The summed E-state index contributed by atoms with van der Waals surface area (Å²) in [7, 11) is 0. The fourth-order valence-corrected chi connectivity index (χ4v) is 3.43. The number of benzene rings is 2. The first-order chi connectivity index (χ1) is 12.2. The van der Waals surface area contributed by atoms with E-state index in [-0.39, 0.29) is 24.4 Å². The van der Waals surface area contributed by atoms with Crippen LogP contribution < -0.4 is 15.8 Å². The summed E-state index contributed by atoms with van der Waals surface area (Å²) < 4.78 is 5.89. The standard InChI is InChI=1S/C21H26N2O2.ClH/c22-19-11-6-9-17(19)15-21(24)23-13-14-25-20-12-5-4-10-18(20)16-7-2-1-3-8-16;/h1-5,7-8,10,12,17,19H,6,9,11,13-15,22H2,(H,23,24);1H/t17-,19+;/m0./s1. The zero-order chi connectivity index (χ0) is 17.5. The maximum absolute atomic E-state index is 12.0. The Morgan fingerprint density at radius 1 is 1.08 bits per heavy atom. The number of amides is 1. The quantitative estimate of drug-likeness (QED) is 0.725. The highest BCUT2D eigenvalue weighted by Gasteiger charge is 2.25. The molecule has 140 valence electrons. The molecule has 3 N–H and O–H groups in total. The number of nitrogens with one attached hydrogen (secondary N) is 1. The molecular formula is C21H27ClN2O2. The minimum Gasteiger partial charge on any atom is -0.491 e. The molecule has 26 heavy (non-hydrogen) atoms. The summed E-state index contributed by atoms with van der Waals surface area (Å²) in [6.07, 6.45) is 3.77. The molecule has 0 radical (unpaired) electrons. The van der Waals surface area contributed by atoms with Crippen molar-refractivity contribution >= 4 is 18.3 Å². The zero-order valence-electron chi connectivity index (χ0n) is 14.9. The summed E-state index contributed by atoms with van der Waals surface area (Å²) in [4.78, 5) is 12.0. The SMILES string of the molecule is Cl.N[C@@H]1CCC[C@H]1CC(=O)NCCOc1ccccc1-c1ccccc1. The van der Waals surface area contributed by atoms with Gasteiger partial charge in [-0.05, 0) is 30.4 Å². The predicted octanol–water partition coefficient (Wildman–Crippen LogP) is 3.79. The first kappa shape index (κ1) is 20.3. The van der Waals surface area contributed by atoms with E-state index in [9.17, 15) is 4.79 Å². The van der Waals surface area contributed by atoms with Gasteiger partial charge in [-0.1, -0.05) is 55.0 Å². The molecular weight excluding hydrogens is 348 g/mol. The van der Waals surface area contributed by atoms with E-state index in [4.69, 9.17) is 10.5 Å². The topological polar surface area (TPSA) is 64.4 Å². The molecule has 2 aromatic carbocycles. The molecule has 0 aliphatic heterocycles. The number of hydrogen-bond acceptors (Lipinski definition) is 3. The number of ether oxygens (including phenoxy) is 1. The van der Waals surface area contributed by atoms with Gasteiger partial charge in [0.05, 0.1) is 6.54 Å². The number of halogens is 1. The Kier molecular flexibility index (Phi) is 7.95. The van der Waals surface area contributed by atoms with Crippen molar-refractivity contribution in [2.24, 2.45) is 11.7 Å². The van der Waals surface area contributed by atoms with Crippen LogP contribution >= 0.6 is 12.4 Å². The Labute approximate surface area is 161 Å². The third-order valence-electron chi connectivity index (χ3n) is 4.82. The molecule has 2 atom stereocenters. The van der Waals surface area contributed by atoms with Crippen molar-refractivity contribution in [1.29, 1.82) is 0 Å². The van der Waals surface area contributed by atoms with Crippen molar-refractivity contribution in [3.8, 4) is 16.9 Å². The van der Waals surface area contributed by atoms with Gasteiger partial charge in [0.25, 0.3) is 0 Å². The van der Waals surface area contributed by atoms with Crippen LogP contribution in [0.1, 0.15) is 25.7 Å². The summed E-state index contributed by atoms with van der Waals surface area (Å²) in [6.45, 7) is 0.955.